The van der Waals surface area contributed by atoms with Crippen molar-refractivity contribution in [2.24, 2.45) is 18.7 Å². The molecule has 10 heteroatoms. The van der Waals surface area contributed by atoms with Gasteiger partial charge in [-0.15, -0.1) is 0 Å². The number of carbonyl (C=O) groups excluding carboxylic acids is 2. The average molecular weight is 555 g/mol. The zero-order valence-corrected chi connectivity index (χ0v) is 23.3. The third-order valence-electron chi connectivity index (χ3n) is 8.20. The molecule has 2 amide bonds. The molecule has 2 aromatic carbocycles. The highest BCUT2D eigenvalue weighted by Crippen LogP contribution is 2.37. The van der Waals surface area contributed by atoms with Gasteiger partial charge in [0.05, 0.1) is 18.2 Å². The van der Waals surface area contributed by atoms with Crippen LogP contribution in [0.15, 0.2) is 54.9 Å². The molecule has 2 aromatic heterocycles. The van der Waals surface area contributed by atoms with E-state index in [1.807, 2.05) is 31.3 Å². The van der Waals surface area contributed by atoms with Crippen molar-refractivity contribution in [1.29, 1.82) is 0 Å². The van der Waals surface area contributed by atoms with Gasteiger partial charge in [-0.1, -0.05) is 12.8 Å². The van der Waals surface area contributed by atoms with Gasteiger partial charge in [-0.25, -0.2) is 0 Å². The molecule has 2 fully saturated rings. The van der Waals surface area contributed by atoms with Gasteiger partial charge in [-0.05, 0) is 68.0 Å². The number of fused-ring (bicyclic) bond motifs is 2. The fourth-order valence-electron chi connectivity index (χ4n) is 6.24. The number of nitrogens with one attached hydrogen (secondary N) is 1. The zero-order valence-electron chi connectivity index (χ0n) is 23.3. The molecule has 1 aliphatic heterocycles. The minimum atomic E-state index is -0.597. The first-order chi connectivity index (χ1) is 19.9. The van der Waals surface area contributed by atoms with Gasteiger partial charge in [0, 0.05) is 49.2 Å². The lowest BCUT2D eigenvalue weighted by atomic mass is 9.78. The maximum atomic E-state index is 13.7. The summed E-state index contributed by atoms with van der Waals surface area (Å²) in [6.45, 7) is 0.803. The molecule has 2 aliphatic rings. The van der Waals surface area contributed by atoms with Crippen molar-refractivity contribution in [2.45, 2.75) is 44.6 Å². The van der Waals surface area contributed by atoms with E-state index in [2.05, 4.69) is 20.3 Å². The number of ether oxygens (including phenoxy) is 2. The van der Waals surface area contributed by atoms with Gasteiger partial charge in [0.25, 0.3) is 11.8 Å². The van der Waals surface area contributed by atoms with Crippen LogP contribution in [-0.4, -0.2) is 51.2 Å². The SMILES string of the molecule is COc1cc2nccc(Oc3ccc(Nc4nn(C)cc4C(=O)N4CCCC5CCCCC54)cc3)c2cc1C(N)=O. The maximum Gasteiger partial charge on any atom is 0.259 e. The second-order valence-electron chi connectivity index (χ2n) is 10.8. The van der Waals surface area contributed by atoms with E-state index in [9.17, 15) is 9.59 Å². The van der Waals surface area contributed by atoms with Crippen LogP contribution < -0.4 is 20.5 Å². The molecule has 10 nitrogen and oxygen atoms in total. The number of primary amides is 1. The van der Waals surface area contributed by atoms with Gasteiger partial charge in [0.1, 0.15) is 22.8 Å². The Morgan fingerprint density at radius 1 is 1.00 bits per heavy atom. The number of hydrogen-bond donors (Lipinski definition) is 2. The lowest BCUT2D eigenvalue weighted by molar-refractivity contribution is 0.0391. The number of pyridine rings is 1. The Labute approximate surface area is 238 Å². The molecule has 3 heterocycles. The van der Waals surface area contributed by atoms with Crippen LogP contribution >= 0.6 is 0 Å². The van der Waals surface area contributed by atoms with Gasteiger partial charge in [0.2, 0.25) is 0 Å². The summed E-state index contributed by atoms with van der Waals surface area (Å²) in [7, 11) is 3.31. The molecule has 0 radical (unpaired) electrons. The molecular weight excluding hydrogens is 520 g/mol. The number of nitrogens with two attached hydrogens (primary N) is 1. The highest BCUT2D eigenvalue weighted by Gasteiger charge is 2.37. The number of methoxy groups -OCH3 is 1. The van der Waals surface area contributed by atoms with Crippen molar-refractivity contribution in [3.05, 3.63) is 66.0 Å². The number of amides is 2. The topological polar surface area (TPSA) is 125 Å². The third-order valence-corrected chi connectivity index (χ3v) is 8.20. The average Bonchev–Trinajstić information content (AvgIpc) is 3.36. The quantitative estimate of drug-likeness (QED) is 0.313. The summed E-state index contributed by atoms with van der Waals surface area (Å²) in [5.41, 5.74) is 7.78. The van der Waals surface area contributed by atoms with Crippen LogP contribution in [0.2, 0.25) is 0 Å². The third kappa shape index (κ3) is 5.29. The molecule has 4 aromatic rings. The Morgan fingerprint density at radius 2 is 1.78 bits per heavy atom. The maximum absolute atomic E-state index is 13.7. The lowest BCUT2D eigenvalue weighted by Gasteiger charge is -2.44. The summed E-state index contributed by atoms with van der Waals surface area (Å²) in [4.78, 5) is 32.1. The van der Waals surface area contributed by atoms with E-state index >= 15 is 0 Å². The van der Waals surface area contributed by atoms with Gasteiger partial charge < -0.3 is 25.4 Å². The standard InChI is InChI=1S/C31H34N6O4/c1-36-18-24(31(39)37-15-5-7-19-6-3-4-8-26(19)37)30(35-36)34-20-9-11-21(12-10-20)41-27-13-14-33-25-17-28(40-2)23(29(32)38)16-22(25)27/h9-14,16-19,26H,3-8,15H2,1-2H3,(H2,32,38)(H,34,35). The number of nitrogens with zero attached hydrogens (tertiary/aromatic N) is 4. The molecule has 0 bridgehead atoms. The number of aromatic nitrogens is 3. The van der Waals surface area contributed by atoms with E-state index in [0.29, 0.717) is 51.5 Å². The Balaban J connectivity index is 1.21. The summed E-state index contributed by atoms with van der Waals surface area (Å²) in [6, 6.07) is 12.8. The smallest absolute Gasteiger partial charge is 0.259 e. The van der Waals surface area contributed by atoms with Crippen LogP contribution in [0.1, 0.15) is 59.2 Å². The molecule has 3 N–H and O–H groups in total. The Morgan fingerprint density at radius 3 is 2.56 bits per heavy atom. The predicted molar refractivity (Wildman–Crippen MR) is 156 cm³/mol. The van der Waals surface area contributed by atoms with Gasteiger partial charge >= 0.3 is 0 Å². The lowest BCUT2D eigenvalue weighted by Crippen LogP contribution is -2.49. The molecule has 1 saturated carbocycles. The summed E-state index contributed by atoms with van der Waals surface area (Å²) in [6.07, 6.45) is 10.5. The highest BCUT2D eigenvalue weighted by atomic mass is 16.5. The molecular formula is C31H34N6O4. The van der Waals surface area contributed by atoms with Crippen molar-refractivity contribution in [1.82, 2.24) is 19.7 Å². The van der Waals surface area contributed by atoms with Crippen LogP contribution in [0.25, 0.3) is 10.9 Å². The second-order valence-corrected chi connectivity index (χ2v) is 10.8. The first-order valence-electron chi connectivity index (χ1n) is 14.1. The van der Waals surface area contributed by atoms with Gasteiger partial charge in [-0.3, -0.25) is 19.3 Å². The minimum absolute atomic E-state index is 0.0497. The summed E-state index contributed by atoms with van der Waals surface area (Å²) >= 11 is 0. The molecule has 41 heavy (non-hydrogen) atoms. The summed E-state index contributed by atoms with van der Waals surface area (Å²) < 4.78 is 13.1. The first kappa shape index (κ1) is 26.6. The number of benzene rings is 2. The van der Waals surface area contributed by atoms with Crippen LogP contribution in [0.3, 0.4) is 0 Å². The van der Waals surface area contributed by atoms with E-state index in [-0.39, 0.29) is 11.5 Å². The largest absolute Gasteiger partial charge is 0.496 e. The van der Waals surface area contributed by atoms with Crippen molar-refractivity contribution in [3.63, 3.8) is 0 Å². The number of carbonyl (C=O) groups is 2. The van der Waals surface area contributed by atoms with E-state index in [1.54, 1.807) is 35.3 Å². The van der Waals surface area contributed by atoms with E-state index in [4.69, 9.17) is 15.2 Å². The Hall–Kier alpha value is -4.60. The molecule has 2 unspecified atom stereocenters. The number of piperidine rings is 1. The Bertz CT molecular complexity index is 1600. The predicted octanol–water partition coefficient (Wildman–Crippen LogP) is 5.41. The van der Waals surface area contributed by atoms with Crippen molar-refractivity contribution in [3.8, 4) is 17.2 Å². The van der Waals surface area contributed by atoms with Crippen molar-refractivity contribution >= 4 is 34.2 Å². The van der Waals surface area contributed by atoms with E-state index in [1.165, 1.54) is 32.8 Å². The van der Waals surface area contributed by atoms with Crippen molar-refractivity contribution in [2.75, 3.05) is 19.0 Å². The number of likely N-dealkylation sites (tertiary alicyclic amines) is 1. The molecule has 0 spiro atoms. The second kappa shape index (κ2) is 11.1. The zero-order chi connectivity index (χ0) is 28.5. The van der Waals surface area contributed by atoms with Gasteiger partial charge in [0.15, 0.2) is 5.82 Å². The molecule has 212 valence electrons. The molecule has 2 atom stereocenters. The number of aryl methyl sites for hydroxylation is 1. The van der Waals surface area contributed by atoms with E-state index in [0.717, 1.165) is 25.1 Å². The molecule has 6 rings (SSSR count). The number of hydrogen-bond acceptors (Lipinski definition) is 7. The molecule has 1 aliphatic carbocycles. The first-order valence-corrected chi connectivity index (χ1v) is 14.1. The number of rotatable bonds is 7. The highest BCUT2D eigenvalue weighted by molar-refractivity contribution is 6.01. The van der Waals surface area contributed by atoms with Gasteiger partial charge in [-0.2, -0.15) is 5.10 Å². The fraction of sp³-hybridized carbons (Fsp3) is 0.355. The summed E-state index contributed by atoms with van der Waals surface area (Å²) in [5, 5.41) is 8.52. The monoisotopic (exact) mass is 554 g/mol. The van der Waals surface area contributed by atoms with Crippen LogP contribution in [-0.2, 0) is 7.05 Å². The summed E-state index contributed by atoms with van der Waals surface area (Å²) in [5.74, 6) is 2.08. The molecule has 1 saturated heterocycles. The van der Waals surface area contributed by atoms with Crippen LogP contribution in [0, 0.1) is 5.92 Å². The van der Waals surface area contributed by atoms with Crippen LogP contribution in [0.4, 0.5) is 11.5 Å². The van der Waals surface area contributed by atoms with Crippen molar-refractivity contribution < 1.29 is 19.1 Å². The Kier molecular flexibility index (Phi) is 7.21. The minimum Gasteiger partial charge on any atom is -0.496 e. The normalized spacial score (nSPS) is 18.5. The fourth-order valence-corrected chi connectivity index (χ4v) is 6.24. The number of anilines is 2. The van der Waals surface area contributed by atoms with Crippen LogP contribution in [0.5, 0.6) is 17.2 Å². The van der Waals surface area contributed by atoms with E-state index < -0.39 is 5.91 Å².